The van der Waals surface area contributed by atoms with Crippen molar-refractivity contribution in [2.24, 2.45) is 4.99 Å². The molecule has 1 aliphatic rings. The number of hydrogen-bond acceptors (Lipinski definition) is 3. The monoisotopic (exact) mass is 362 g/mol. The summed E-state index contributed by atoms with van der Waals surface area (Å²) in [4.78, 5) is 17.1. The van der Waals surface area contributed by atoms with Gasteiger partial charge in [-0.25, -0.2) is 4.99 Å². The number of rotatable bonds is 2. The van der Waals surface area contributed by atoms with Crippen LogP contribution in [0.15, 0.2) is 52.4 Å². The Labute approximate surface area is 148 Å². The molecule has 0 saturated carbocycles. The highest BCUT2D eigenvalue weighted by molar-refractivity contribution is 8.18. The van der Waals surface area contributed by atoms with Crippen molar-refractivity contribution in [1.82, 2.24) is 5.32 Å². The Balaban J connectivity index is 1.89. The first kappa shape index (κ1) is 16.1. The predicted octanol–water partition coefficient (Wildman–Crippen LogP) is 5.19. The van der Waals surface area contributed by atoms with E-state index in [-0.39, 0.29) is 5.91 Å². The Morgan fingerprint density at radius 2 is 1.83 bits per heavy atom. The first-order valence-corrected chi connectivity index (χ1v) is 8.41. The average molecular weight is 363 g/mol. The van der Waals surface area contributed by atoms with E-state index in [0.717, 1.165) is 16.8 Å². The molecule has 1 saturated heterocycles. The molecule has 0 radical (unpaired) electrons. The molecule has 0 spiro atoms. The van der Waals surface area contributed by atoms with E-state index < -0.39 is 0 Å². The second-order valence-corrected chi connectivity index (χ2v) is 6.73. The van der Waals surface area contributed by atoms with E-state index in [1.165, 1.54) is 11.8 Å². The fraction of sp³-hybridized carbons (Fsp3) is 0.0588. The minimum atomic E-state index is -0.187. The van der Waals surface area contributed by atoms with Gasteiger partial charge in [0.25, 0.3) is 5.91 Å². The lowest BCUT2D eigenvalue weighted by atomic mass is 10.2. The Hall–Kier alpha value is -1.75. The zero-order valence-electron chi connectivity index (χ0n) is 12.1. The van der Waals surface area contributed by atoms with Crippen LogP contribution in [0, 0.1) is 6.92 Å². The van der Waals surface area contributed by atoms with Crippen molar-refractivity contribution in [2.45, 2.75) is 6.92 Å². The Bertz CT molecular complexity index is 846. The largest absolute Gasteiger partial charge is 0.300 e. The number of aliphatic imine (C=N–C) groups is 1. The fourth-order valence-corrected chi connectivity index (χ4v) is 3.23. The molecule has 116 valence electrons. The van der Waals surface area contributed by atoms with Crippen LogP contribution in [-0.4, -0.2) is 11.1 Å². The molecule has 0 aromatic heterocycles. The van der Waals surface area contributed by atoms with Gasteiger partial charge in [0, 0.05) is 10.0 Å². The summed E-state index contributed by atoms with van der Waals surface area (Å²) in [5.74, 6) is -0.187. The summed E-state index contributed by atoms with van der Waals surface area (Å²) in [5, 5.41) is 4.53. The molecule has 2 aromatic carbocycles. The third kappa shape index (κ3) is 3.61. The zero-order chi connectivity index (χ0) is 16.4. The van der Waals surface area contributed by atoms with E-state index >= 15 is 0 Å². The van der Waals surface area contributed by atoms with Crippen LogP contribution < -0.4 is 5.32 Å². The van der Waals surface area contributed by atoms with E-state index in [9.17, 15) is 4.79 Å². The molecule has 1 aliphatic heterocycles. The number of hydrogen-bond donors (Lipinski definition) is 1. The van der Waals surface area contributed by atoms with Crippen molar-refractivity contribution >= 4 is 57.8 Å². The van der Waals surface area contributed by atoms with E-state index in [1.807, 2.05) is 43.3 Å². The number of nitrogens with one attached hydrogen (secondary N) is 1. The van der Waals surface area contributed by atoms with Gasteiger partial charge in [-0.05, 0) is 54.1 Å². The van der Waals surface area contributed by atoms with E-state index in [2.05, 4.69) is 10.3 Å². The van der Waals surface area contributed by atoms with Gasteiger partial charge in [0.2, 0.25) is 0 Å². The van der Waals surface area contributed by atoms with E-state index in [4.69, 9.17) is 23.2 Å². The van der Waals surface area contributed by atoms with Gasteiger partial charge in [-0.3, -0.25) is 4.79 Å². The lowest BCUT2D eigenvalue weighted by Crippen LogP contribution is -2.19. The van der Waals surface area contributed by atoms with Crippen LogP contribution in [0.5, 0.6) is 0 Å². The Kier molecular flexibility index (Phi) is 4.76. The molecule has 0 aliphatic carbocycles. The maximum Gasteiger partial charge on any atom is 0.264 e. The van der Waals surface area contributed by atoms with Crippen molar-refractivity contribution in [3.8, 4) is 0 Å². The van der Waals surface area contributed by atoms with Gasteiger partial charge in [0.1, 0.15) is 0 Å². The first-order chi connectivity index (χ1) is 11.0. The number of amides is 1. The van der Waals surface area contributed by atoms with Crippen LogP contribution in [0.1, 0.15) is 11.1 Å². The number of amidine groups is 1. The summed E-state index contributed by atoms with van der Waals surface area (Å²) in [5.41, 5.74) is 2.41. The van der Waals surface area contributed by atoms with Crippen LogP contribution >= 0.6 is 35.0 Å². The maximum absolute atomic E-state index is 12.1. The van der Waals surface area contributed by atoms with Crippen LogP contribution in [0.2, 0.25) is 10.0 Å². The summed E-state index contributed by atoms with van der Waals surface area (Å²) in [6.45, 7) is 1.89. The molecule has 3 rings (SSSR count). The highest BCUT2D eigenvalue weighted by Gasteiger charge is 2.24. The first-order valence-electron chi connectivity index (χ1n) is 6.84. The van der Waals surface area contributed by atoms with Gasteiger partial charge >= 0.3 is 0 Å². The quantitative estimate of drug-likeness (QED) is 0.746. The number of benzene rings is 2. The summed E-state index contributed by atoms with van der Waals surface area (Å²) >= 11 is 13.5. The predicted molar refractivity (Wildman–Crippen MR) is 98.4 cm³/mol. The van der Waals surface area contributed by atoms with Gasteiger partial charge in [-0.2, -0.15) is 0 Å². The van der Waals surface area contributed by atoms with Crippen molar-refractivity contribution < 1.29 is 4.79 Å². The number of carbonyl (C=O) groups is 1. The van der Waals surface area contributed by atoms with Crippen molar-refractivity contribution in [1.29, 1.82) is 0 Å². The molecule has 3 nitrogen and oxygen atoms in total. The van der Waals surface area contributed by atoms with Gasteiger partial charge in [0.05, 0.1) is 10.6 Å². The van der Waals surface area contributed by atoms with Crippen molar-refractivity contribution in [3.05, 3.63) is 68.5 Å². The molecule has 0 unspecified atom stereocenters. The second-order valence-electron chi connectivity index (χ2n) is 4.89. The Morgan fingerprint density at radius 1 is 1.09 bits per heavy atom. The van der Waals surface area contributed by atoms with Gasteiger partial charge in [-0.15, -0.1) is 0 Å². The molecule has 0 bridgehead atoms. The molecule has 1 fully saturated rings. The summed E-state index contributed by atoms with van der Waals surface area (Å²) in [7, 11) is 0. The molecule has 2 aromatic rings. The minimum absolute atomic E-state index is 0.187. The highest BCUT2D eigenvalue weighted by Crippen LogP contribution is 2.31. The van der Waals surface area contributed by atoms with Crippen LogP contribution in [-0.2, 0) is 4.79 Å². The summed E-state index contributed by atoms with van der Waals surface area (Å²) in [6.07, 6.45) is 1.76. The molecule has 6 heteroatoms. The number of thioether (sulfide) groups is 1. The normalized spacial score (nSPS) is 17.8. The third-order valence-electron chi connectivity index (χ3n) is 3.30. The Morgan fingerprint density at radius 3 is 2.61 bits per heavy atom. The van der Waals surface area contributed by atoms with Gasteiger partial charge in [-0.1, -0.05) is 47.5 Å². The molecule has 23 heavy (non-hydrogen) atoms. The van der Waals surface area contributed by atoms with E-state index in [0.29, 0.717) is 20.1 Å². The molecule has 1 N–H and O–H groups in total. The molecule has 0 atom stereocenters. The molecule has 1 amide bonds. The average Bonchev–Trinajstić information content (AvgIpc) is 2.86. The van der Waals surface area contributed by atoms with Gasteiger partial charge < -0.3 is 5.32 Å². The standard InChI is InChI=1S/C17H12Cl2N2OS/c1-10-12(18)7-4-8-14(10)20-17-21-16(22)15(23-17)9-11-5-2-3-6-13(11)19/h2-9H,1H3,(H,20,21,22)/b15-9+. The van der Waals surface area contributed by atoms with Crippen LogP contribution in [0.3, 0.4) is 0 Å². The minimum Gasteiger partial charge on any atom is -0.300 e. The number of halogens is 2. The van der Waals surface area contributed by atoms with Crippen LogP contribution in [0.4, 0.5) is 5.69 Å². The number of nitrogens with zero attached hydrogens (tertiary/aromatic N) is 1. The van der Waals surface area contributed by atoms with Crippen molar-refractivity contribution in [2.75, 3.05) is 0 Å². The molecular weight excluding hydrogens is 351 g/mol. The van der Waals surface area contributed by atoms with Crippen LogP contribution in [0.25, 0.3) is 6.08 Å². The summed E-state index contributed by atoms with van der Waals surface area (Å²) < 4.78 is 0. The highest BCUT2D eigenvalue weighted by atomic mass is 35.5. The molecular formula is C17H12Cl2N2OS. The SMILES string of the molecule is Cc1c(Cl)cccc1N=C1NC(=O)/C(=C\c2ccccc2Cl)S1. The lowest BCUT2D eigenvalue weighted by molar-refractivity contribution is -0.115. The lowest BCUT2D eigenvalue weighted by Gasteiger charge is -2.02. The van der Waals surface area contributed by atoms with E-state index in [1.54, 1.807) is 12.1 Å². The number of carbonyl (C=O) groups excluding carboxylic acids is 1. The maximum atomic E-state index is 12.1. The summed E-state index contributed by atoms with van der Waals surface area (Å²) in [6, 6.07) is 12.9. The van der Waals surface area contributed by atoms with Crippen molar-refractivity contribution in [3.63, 3.8) is 0 Å². The zero-order valence-corrected chi connectivity index (χ0v) is 14.5. The van der Waals surface area contributed by atoms with Gasteiger partial charge in [0.15, 0.2) is 5.17 Å². The molecule has 1 heterocycles. The fourth-order valence-electron chi connectivity index (χ4n) is 2.04. The third-order valence-corrected chi connectivity index (χ3v) is 4.97. The second kappa shape index (κ2) is 6.79. The topological polar surface area (TPSA) is 41.5 Å². The smallest absolute Gasteiger partial charge is 0.264 e.